The number of carbonyl (C=O) groups excluding carboxylic acids is 2. The van der Waals surface area contributed by atoms with Gasteiger partial charge in [0.1, 0.15) is 0 Å². The summed E-state index contributed by atoms with van der Waals surface area (Å²) in [7, 11) is 0. The zero-order valence-corrected chi connectivity index (χ0v) is 14.4. The van der Waals surface area contributed by atoms with Gasteiger partial charge in [0.05, 0.1) is 11.0 Å². The predicted octanol–water partition coefficient (Wildman–Crippen LogP) is 3.27. The number of carbonyl (C=O) groups is 2. The van der Waals surface area contributed by atoms with Crippen LogP contribution in [0.25, 0.3) is 0 Å². The van der Waals surface area contributed by atoms with Crippen LogP contribution in [0.15, 0.2) is 35.7 Å². The molecule has 0 bridgehead atoms. The molecule has 0 saturated carbocycles. The van der Waals surface area contributed by atoms with Crippen molar-refractivity contribution in [2.75, 3.05) is 11.9 Å². The molecule has 1 aromatic carbocycles. The summed E-state index contributed by atoms with van der Waals surface area (Å²) >= 11 is 1.56. The highest BCUT2D eigenvalue weighted by atomic mass is 32.1. The Morgan fingerprint density at radius 1 is 1.36 bits per heavy atom. The number of rotatable bonds is 3. The average Bonchev–Trinajstić information content (AvgIpc) is 3.26. The van der Waals surface area contributed by atoms with Crippen LogP contribution in [-0.2, 0) is 9.59 Å². The first-order chi connectivity index (χ1) is 12.0. The third-order valence-electron chi connectivity index (χ3n) is 4.24. The third kappa shape index (κ3) is 3.53. The quantitative estimate of drug-likeness (QED) is 0.517. The van der Waals surface area contributed by atoms with E-state index in [-0.39, 0.29) is 17.4 Å². The molecular weight excluding hydrogens is 342 g/mol. The smallest absolute Gasteiger partial charge is 0.313 e. The van der Waals surface area contributed by atoms with Crippen molar-refractivity contribution >= 4 is 34.5 Å². The zero-order valence-electron chi connectivity index (χ0n) is 13.6. The zero-order chi connectivity index (χ0) is 18.0. The van der Waals surface area contributed by atoms with E-state index in [1.807, 2.05) is 17.5 Å². The second-order valence-electron chi connectivity index (χ2n) is 5.88. The number of hydrogen-bond acceptors (Lipinski definition) is 5. The maximum Gasteiger partial charge on any atom is 0.313 e. The lowest BCUT2D eigenvalue weighted by Gasteiger charge is -2.23. The highest BCUT2D eigenvalue weighted by Crippen LogP contribution is 2.34. The minimum atomic E-state index is -0.776. The Morgan fingerprint density at radius 3 is 2.84 bits per heavy atom. The van der Waals surface area contributed by atoms with Crippen LogP contribution in [-0.4, -0.2) is 28.2 Å². The molecule has 8 heteroatoms. The van der Waals surface area contributed by atoms with E-state index in [4.69, 9.17) is 0 Å². The molecule has 1 fully saturated rings. The molecule has 3 rings (SSSR count). The van der Waals surface area contributed by atoms with Crippen LogP contribution in [0.1, 0.15) is 29.3 Å². The molecule has 130 valence electrons. The van der Waals surface area contributed by atoms with E-state index >= 15 is 0 Å². The van der Waals surface area contributed by atoms with E-state index in [1.54, 1.807) is 35.3 Å². The van der Waals surface area contributed by atoms with Crippen molar-refractivity contribution in [1.29, 1.82) is 0 Å². The number of amides is 2. The first-order valence-electron chi connectivity index (χ1n) is 7.88. The number of anilines is 1. The second-order valence-corrected chi connectivity index (χ2v) is 6.86. The first kappa shape index (κ1) is 17.1. The van der Waals surface area contributed by atoms with Crippen LogP contribution in [0.2, 0.25) is 0 Å². The highest BCUT2D eigenvalue weighted by Gasteiger charge is 2.34. The molecule has 1 saturated heterocycles. The van der Waals surface area contributed by atoms with Crippen molar-refractivity contribution in [3.63, 3.8) is 0 Å². The maximum absolute atomic E-state index is 12.5. The van der Waals surface area contributed by atoms with Crippen LogP contribution in [0.4, 0.5) is 11.4 Å². The van der Waals surface area contributed by atoms with E-state index in [9.17, 15) is 19.7 Å². The molecule has 1 unspecified atom stereocenters. The van der Waals surface area contributed by atoms with Gasteiger partial charge in [-0.3, -0.25) is 19.7 Å². The van der Waals surface area contributed by atoms with Crippen molar-refractivity contribution in [2.45, 2.75) is 25.8 Å². The Hall–Kier alpha value is -2.74. The van der Waals surface area contributed by atoms with E-state index in [0.717, 1.165) is 17.7 Å². The lowest BCUT2D eigenvalue weighted by Crippen LogP contribution is -2.39. The fraction of sp³-hybridized carbons (Fsp3) is 0.294. The van der Waals surface area contributed by atoms with Gasteiger partial charge in [-0.2, -0.15) is 0 Å². The van der Waals surface area contributed by atoms with Gasteiger partial charge in [-0.25, -0.2) is 0 Å². The summed E-state index contributed by atoms with van der Waals surface area (Å²) < 4.78 is 0. The van der Waals surface area contributed by atoms with Crippen LogP contribution in [0, 0.1) is 17.0 Å². The standard InChI is InChI=1S/C17H17N3O4S/c1-11-6-7-12(10-14(11)20(23)24)18-16(21)17(22)19-8-2-4-13(19)15-5-3-9-25-15/h3,5-7,9-10,13H,2,4,8H2,1H3,(H,18,21). The molecule has 1 aromatic heterocycles. The van der Waals surface area contributed by atoms with Gasteiger partial charge in [-0.1, -0.05) is 12.1 Å². The summed E-state index contributed by atoms with van der Waals surface area (Å²) in [6.45, 7) is 2.15. The second kappa shape index (κ2) is 7.02. The minimum absolute atomic E-state index is 0.0781. The molecule has 0 spiro atoms. The van der Waals surface area contributed by atoms with Crippen molar-refractivity contribution in [3.05, 3.63) is 56.3 Å². The number of hydrogen-bond donors (Lipinski definition) is 1. The van der Waals surface area contributed by atoms with Gasteiger partial charge in [-0.15, -0.1) is 11.3 Å². The number of likely N-dealkylation sites (tertiary alicyclic amines) is 1. The lowest BCUT2D eigenvalue weighted by molar-refractivity contribution is -0.385. The van der Waals surface area contributed by atoms with Crippen molar-refractivity contribution in [3.8, 4) is 0 Å². The van der Waals surface area contributed by atoms with E-state index in [2.05, 4.69) is 5.32 Å². The minimum Gasteiger partial charge on any atom is -0.327 e. The maximum atomic E-state index is 12.5. The molecule has 2 heterocycles. The van der Waals surface area contributed by atoms with E-state index in [1.165, 1.54) is 6.07 Å². The summed E-state index contributed by atoms with van der Waals surface area (Å²) in [5.74, 6) is -1.39. The van der Waals surface area contributed by atoms with Gasteiger partial charge in [-0.05, 0) is 37.3 Å². The van der Waals surface area contributed by atoms with Gasteiger partial charge in [0.25, 0.3) is 5.69 Å². The van der Waals surface area contributed by atoms with Crippen LogP contribution in [0.5, 0.6) is 0 Å². The number of aryl methyl sites for hydroxylation is 1. The Balaban J connectivity index is 1.74. The molecule has 1 aliphatic heterocycles. The fourth-order valence-electron chi connectivity index (χ4n) is 2.99. The predicted molar refractivity (Wildman–Crippen MR) is 94.5 cm³/mol. The Kier molecular flexibility index (Phi) is 4.80. The van der Waals surface area contributed by atoms with Gasteiger partial charge in [0.15, 0.2) is 0 Å². The molecule has 25 heavy (non-hydrogen) atoms. The molecular formula is C17H17N3O4S. The summed E-state index contributed by atoms with van der Waals surface area (Å²) in [5.41, 5.74) is 0.636. The van der Waals surface area contributed by atoms with E-state index in [0.29, 0.717) is 12.1 Å². The summed E-state index contributed by atoms with van der Waals surface area (Å²) in [4.78, 5) is 38.0. The number of benzene rings is 1. The largest absolute Gasteiger partial charge is 0.327 e. The molecule has 1 atom stereocenters. The average molecular weight is 359 g/mol. The first-order valence-corrected chi connectivity index (χ1v) is 8.75. The molecule has 0 radical (unpaired) electrons. The normalized spacial score (nSPS) is 16.7. The molecule has 1 aliphatic rings. The monoisotopic (exact) mass is 359 g/mol. The van der Waals surface area contributed by atoms with Crippen LogP contribution < -0.4 is 5.32 Å². The Labute approximate surface area is 148 Å². The van der Waals surface area contributed by atoms with Gasteiger partial charge in [0.2, 0.25) is 0 Å². The summed E-state index contributed by atoms with van der Waals surface area (Å²) in [5, 5.41) is 15.4. The van der Waals surface area contributed by atoms with Crippen LogP contribution >= 0.6 is 11.3 Å². The van der Waals surface area contributed by atoms with Crippen LogP contribution in [0.3, 0.4) is 0 Å². The number of nitrogens with one attached hydrogen (secondary N) is 1. The van der Waals surface area contributed by atoms with Gasteiger partial charge >= 0.3 is 11.8 Å². The summed E-state index contributed by atoms with van der Waals surface area (Å²) in [6, 6.07) is 8.16. The number of nitro benzene ring substituents is 1. The molecule has 7 nitrogen and oxygen atoms in total. The molecule has 1 N–H and O–H groups in total. The Bertz CT molecular complexity index is 819. The fourth-order valence-corrected chi connectivity index (χ4v) is 3.86. The highest BCUT2D eigenvalue weighted by molar-refractivity contribution is 7.10. The van der Waals surface area contributed by atoms with E-state index < -0.39 is 16.7 Å². The van der Waals surface area contributed by atoms with Crippen molar-refractivity contribution < 1.29 is 14.5 Å². The van der Waals surface area contributed by atoms with Crippen molar-refractivity contribution in [2.24, 2.45) is 0 Å². The SMILES string of the molecule is Cc1ccc(NC(=O)C(=O)N2CCCC2c2cccs2)cc1[N+](=O)[O-]. The number of thiophene rings is 1. The number of nitrogens with zero attached hydrogens (tertiary/aromatic N) is 2. The number of nitro groups is 1. The molecule has 2 aromatic rings. The van der Waals surface area contributed by atoms with Gasteiger partial charge < -0.3 is 10.2 Å². The molecule has 0 aliphatic carbocycles. The summed E-state index contributed by atoms with van der Waals surface area (Å²) in [6.07, 6.45) is 1.67. The lowest BCUT2D eigenvalue weighted by atomic mass is 10.1. The topological polar surface area (TPSA) is 92.6 Å². The third-order valence-corrected chi connectivity index (χ3v) is 5.22. The van der Waals surface area contributed by atoms with Gasteiger partial charge in [0, 0.05) is 28.7 Å². The molecule has 2 amide bonds. The van der Waals surface area contributed by atoms with Crippen molar-refractivity contribution in [1.82, 2.24) is 4.90 Å². The Morgan fingerprint density at radius 2 is 2.16 bits per heavy atom.